The molecular weight excluding hydrogens is 288 g/mol. The van der Waals surface area contributed by atoms with E-state index >= 15 is 0 Å². The molecule has 0 spiro atoms. The van der Waals surface area contributed by atoms with E-state index in [2.05, 4.69) is 58.5 Å². The smallest absolute Gasteiger partial charge is 0.218 e. The van der Waals surface area contributed by atoms with Crippen molar-refractivity contribution >= 4 is 0 Å². The van der Waals surface area contributed by atoms with Crippen molar-refractivity contribution in [3.8, 4) is 11.6 Å². The Hall–Kier alpha value is -1.72. The first-order chi connectivity index (χ1) is 10.8. The van der Waals surface area contributed by atoms with E-state index in [-0.39, 0.29) is 12.1 Å². The summed E-state index contributed by atoms with van der Waals surface area (Å²) in [6, 6.07) is 0.548. The van der Waals surface area contributed by atoms with Crippen molar-refractivity contribution in [1.82, 2.24) is 29.5 Å². The molecule has 1 atom stereocenters. The molecule has 0 radical (unpaired) electrons. The van der Waals surface area contributed by atoms with Crippen LogP contribution in [0.4, 0.5) is 0 Å². The molecule has 6 nitrogen and oxygen atoms in total. The maximum atomic E-state index is 4.75. The van der Waals surface area contributed by atoms with Gasteiger partial charge in [-0.2, -0.15) is 5.10 Å². The highest BCUT2D eigenvalue weighted by Gasteiger charge is 2.22. The molecule has 0 saturated heterocycles. The van der Waals surface area contributed by atoms with E-state index in [1.807, 2.05) is 9.36 Å². The highest BCUT2D eigenvalue weighted by molar-refractivity contribution is 5.42. The molecular formula is C17H30N6. The summed E-state index contributed by atoms with van der Waals surface area (Å²) in [7, 11) is 0. The van der Waals surface area contributed by atoms with Gasteiger partial charge in [0, 0.05) is 12.5 Å². The summed E-state index contributed by atoms with van der Waals surface area (Å²) >= 11 is 0. The van der Waals surface area contributed by atoms with Crippen LogP contribution in [0, 0.1) is 11.8 Å². The number of hydrogen-bond acceptors (Lipinski definition) is 4. The van der Waals surface area contributed by atoms with E-state index in [9.17, 15) is 0 Å². The summed E-state index contributed by atoms with van der Waals surface area (Å²) in [4.78, 5) is 9.19. The van der Waals surface area contributed by atoms with Gasteiger partial charge < -0.3 is 0 Å². The van der Waals surface area contributed by atoms with E-state index < -0.39 is 0 Å². The molecule has 0 aliphatic heterocycles. The molecule has 128 valence electrons. The largest absolute Gasteiger partial charge is 0.250 e. The van der Waals surface area contributed by atoms with Crippen molar-refractivity contribution in [3.63, 3.8) is 0 Å². The van der Waals surface area contributed by atoms with Gasteiger partial charge in [-0.1, -0.05) is 27.7 Å². The average molecular weight is 318 g/mol. The molecule has 0 N–H and O–H groups in total. The molecule has 0 aliphatic rings. The van der Waals surface area contributed by atoms with Crippen molar-refractivity contribution in [1.29, 1.82) is 0 Å². The van der Waals surface area contributed by atoms with Gasteiger partial charge in [-0.05, 0) is 39.0 Å². The van der Waals surface area contributed by atoms with Crippen LogP contribution in [0.5, 0.6) is 0 Å². The van der Waals surface area contributed by atoms with Crippen LogP contribution in [-0.4, -0.2) is 29.5 Å². The molecule has 2 aromatic rings. The average Bonchev–Trinajstić information content (AvgIpc) is 3.10. The van der Waals surface area contributed by atoms with Gasteiger partial charge in [0.2, 0.25) is 5.82 Å². The summed E-state index contributed by atoms with van der Waals surface area (Å²) < 4.78 is 3.86. The molecule has 2 aromatic heterocycles. The Morgan fingerprint density at radius 1 is 1.00 bits per heavy atom. The van der Waals surface area contributed by atoms with Crippen molar-refractivity contribution in [2.24, 2.45) is 11.8 Å². The van der Waals surface area contributed by atoms with Crippen LogP contribution in [0.25, 0.3) is 11.6 Å². The predicted molar refractivity (Wildman–Crippen MR) is 92.1 cm³/mol. The number of hydrogen-bond donors (Lipinski definition) is 0. The van der Waals surface area contributed by atoms with E-state index in [1.54, 1.807) is 6.33 Å². The lowest BCUT2D eigenvalue weighted by atomic mass is 10.1. The fourth-order valence-corrected chi connectivity index (χ4v) is 2.24. The van der Waals surface area contributed by atoms with Crippen molar-refractivity contribution in [2.45, 2.75) is 73.4 Å². The van der Waals surface area contributed by atoms with E-state index in [4.69, 9.17) is 10.1 Å². The second kappa shape index (κ2) is 7.23. The molecule has 2 rings (SSSR count). The third kappa shape index (κ3) is 4.18. The summed E-state index contributed by atoms with van der Waals surface area (Å²) in [5.74, 6) is 3.45. The van der Waals surface area contributed by atoms with Crippen LogP contribution in [0.1, 0.15) is 72.8 Å². The maximum absolute atomic E-state index is 4.75. The first kappa shape index (κ1) is 17.6. The quantitative estimate of drug-likeness (QED) is 0.776. The standard InChI is InChI=1S/C17H30N6/c1-11(2)8-9-15-19-17(23(20-15)14(7)12(3)4)16-18-10-22(21-16)13(5)6/h10-14H,8-9H2,1-7H3. The minimum absolute atomic E-state index is 0.260. The molecule has 0 aliphatic carbocycles. The third-order valence-corrected chi connectivity index (χ3v) is 4.21. The van der Waals surface area contributed by atoms with E-state index in [1.165, 1.54) is 0 Å². The number of rotatable bonds is 7. The van der Waals surface area contributed by atoms with Gasteiger partial charge in [0.25, 0.3) is 0 Å². The zero-order chi connectivity index (χ0) is 17.1. The van der Waals surface area contributed by atoms with Crippen molar-refractivity contribution in [2.75, 3.05) is 0 Å². The second-order valence-electron chi connectivity index (χ2n) is 7.36. The van der Waals surface area contributed by atoms with Gasteiger partial charge in [0.1, 0.15) is 6.33 Å². The van der Waals surface area contributed by atoms with Crippen LogP contribution in [-0.2, 0) is 6.42 Å². The maximum Gasteiger partial charge on any atom is 0.218 e. The molecule has 0 fully saturated rings. The molecule has 1 unspecified atom stereocenters. The Bertz CT molecular complexity index is 623. The number of aromatic nitrogens is 6. The Labute approximate surface area is 139 Å². The Morgan fingerprint density at radius 3 is 2.22 bits per heavy atom. The molecule has 0 aromatic carbocycles. The van der Waals surface area contributed by atoms with Gasteiger partial charge in [0.15, 0.2) is 11.6 Å². The second-order valence-corrected chi connectivity index (χ2v) is 7.36. The Morgan fingerprint density at radius 2 is 1.70 bits per heavy atom. The van der Waals surface area contributed by atoms with E-state index in [0.29, 0.717) is 17.7 Å². The third-order valence-electron chi connectivity index (χ3n) is 4.21. The van der Waals surface area contributed by atoms with Gasteiger partial charge in [-0.15, -0.1) is 5.10 Å². The SMILES string of the molecule is CC(C)CCc1nc(-c2ncn(C(C)C)n2)n(C(C)C(C)C)n1. The minimum Gasteiger partial charge on any atom is -0.250 e. The normalized spacial score (nSPS) is 13.5. The fraction of sp³-hybridized carbons (Fsp3) is 0.765. The zero-order valence-electron chi connectivity index (χ0n) is 15.5. The first-order valence-corrected chi connectivity index (χ1v) is 8.66. The lowest BCUT2D eigenvalue weighted by Gasteiger charge is -2.17. The lowest BCUT2D eigenvalue weighted by molar-refractivity contribution is 0.375. The van der Waals surface area contributed by atoms with Gasteiger partial charge in [0.05, 0.1) is 6.04 Å². The fourth-order valence-electron chi connectivity index (χ4n) is 2.24. The van der Waals surface area contributed by atoms with Crippen LogP contribution in [0.3, 0.4) is 0 Å². The summed E-state index contributed by atoms with van der Waals surface area (Å²) in [5, 5.41) is 9.32. The topological polar surface area (TPSA) is 61.4 Å². The lowest BCUT2D eigenvalue weighted by Crippen LogP contribution is -2.15. The van der Waals surface area contributed by atoms with Crippen LogP contribution in [0.15, 0.2) is 6.33 Å². The van der Waals surface area contributed by atoms with Crippen molar-refractivity contribution < 1.29 is 0 Å². The van der Waals surface area contributed by atoms with Crippen LogP contribution < -0.4 is 0 Å². The number of aryl methyl sites for hydroxylation is 1. The molecule has 0 amide bonds. The molecule has 6 heteroatoms. The molecule has 0 saturated carbocycles. The molecule has 0 bridgehead atoms. The minimum atomic E-state index is 0.260. The monoisotopic (exact) mass is 318 g/mol. The zero-order valence-corrected chi connectivity index (χ0v) is 15.5. The highest BCUT2D eigenvalue weighted by Crippen LogP contribution is 2.23. The summed E-state index contributed by atoms with van der Waals surface area (Å²) in [5.41, 5.74) is 0. The highest BCUT2D eigenvalue weighted by atomic mass is 15.4. The Balaban J connectivity index is 2.37. The predicted octanol–water partition coefficient (Wildman–Crippen LogP) is 3.92. The van der Waals surface area contributed by atoms with Gasteiger partial charge in [-0.25, -0.2) is 19.3 Å². The van der Waals surface area contributed by atoms with E-state index in [0.717, 1.165) is 24.5 Å². The first-order valence-electron chi connectivity index (χ1n) is 8.66. The molecule has 2 heterocycles. The van der Waals surface area contributed by atoms with Gasteiger partial charge >= 0.3 is 0 Å². The Kier molecular flexibility index (Phi) is 5.55. The summed E-state index contributed by atoms with van der Waals surface area (Å²) in [6.45, 7) is 15.2. The van der Waals surface area contributed by atoms with Crippen LogP contribution in [0.2, 0.25) is 0 Å². The van der Waals surface area contributed by atoms with Crippen molar-refractivity contribution in [3.05, 3.63) is 12.2 Å². The van der Waals surface area contributed by atoms with Gasteiger partial charge in [-0.3, -0.25) is 0 Å². The number of nitrogens with zero attached hydrogens (tertiary/aromatic N) is 6. The van der Waals surface area contributed by atoms with Crippen LogP contribution >= 0.6 is 0 Å². The summed E-state index contributed by atoms with van der Waals surface area (Å²) in [6.07, 6.45) is 3.76. The molecule has 23 heavy (non-hydrogen) atoms.